The molecule has 3 aliphatic heterocycles. The van der Waals surface area contributed by atoms with Crippen LogP contribution in [0, 0.1) is 17.2 Å². The second kappa shape index (κ2) is 11.0. The molecule has 9 nitrogen and oxygen atoms in total. The second-order valence-electron chi connectivity index (χ2n) is 10.6. The Morgan fingerprint density at radius 3 is 2.33 bits per heavy atom. The molecule has 198 valence electrons. The van der Waals surface area contributed by atoms with Crippen LogP contribution in [0.1, 0.15) is 39.5 Å². The van der Waals surface area contributed by atoms with E-state index in [-0.39, 0.29) is 29.7 Å². The van der Waals surface area contributed by atoms with Crippen LogP contribution in [0.2, 0.25) is 0 Å². The molecule has 2 amide bonds. The van der Waals surface area contributed by atoms with Gasteiger partial charge in [-0.2, -0.15) is 0 Å². The van der Waals surface area contributed by atoms with Crippen molar-refractivity contribution in [3.05, 3.63) is 30.1 Å². The van der Waals surface area contributed by atoms with Gasteiger partial charge in [0.2, 0.25) is 5.91 Å². The van der Waals surface area contributed by atoms with Crippen LogP contribution in [-0.2, 0) is 14.3 Å². The number of nitrogens with zero attached hydrogens (tertiary/aromatic N) is 3. The largest absolute Gasteiger partial charge is 0.465 e. The molecule has 2 N–H and O–H groups in total. The third-order valence-corrected chi connectivity index (χ3v) is 7.90. The van der Waals surface area contributed by atoms with Gasteiger partial charge >= 0.3 is 12.1 Å². The summed E-state index contributed by atoms with van der Waals surface area (Å²) in [6.45, 7) is 8.89. The topological polar surface area (TPSA) is 102 Å². The first-order valence-electron chi connectivity index (χ1n) is 12.9. The fraction of sp³-hybridized carbons (Fsp3) is 0.654. The van der Waals surface area contributed by atoms with Gasteiger partial charge < -0.3 is 25.0 Å². The molecule has 3 aliphatic rings. The monoisotopic (exact) mass is 504 g/mol. The molecule has 0 aromatic heterocycles. The van der Waals surface area contributed by atoms with Crippen molar-refractivity contribution in [2.75, 3.05) is 50.7 Å². The quantitative estimate of drug-likeness (QED) is 0.550. The molecular weight excluding hydrogens is 467 g/mol. The van der Waals surface area contributed by atoms with E-state index >= 15 is 0 Å². The van der Waals surface area contributed by atoms with Crippen LogP contribution < -0.4 is 10.2 Å². The van der Waals surface area contributed by atoms with E-state index in [1.165, 1.54) is 12.1 Å². The minimum absolute atomic E-state index is 0.119. The van der Waals surface area contributed by atoms with Gasteiger partial charge in [0.15, 0.2) is 0 Å². The van der Waals surface area contributed by atoms with E-state index in [0.717, 1.165) is 44.8 Å². The summed E-state index contributed by atoms with van der Waals surface area (Å²) in [5, 5.41) is 11.4. The molecule has 0 unspecified atom stereocenters. The number of ether oxygens (including phenoxy) is 1. The highest BCUT2D eigenvalue weighted by Gasteiger charge is 2.51. The lowest BCUT2D eigenvalue weighted by Gasteiger charge is -2.38. The number of carbonyl (C=O) groups excluding carboxylic acids is 2. The molecule has 0 aliphatic carbocycles. The second-order valence-corrected chi connectivity index (χ2v) is 10.6. The lowest BCUT2D eigenvalue weighted by Crippen LogP contribution is -2.54. The van der Waals surface area contributed by atoms with Gasteiger partial charge in [-0.05, 0) is 49.4 Å². The average Bonchev–Trinajstić information content (AvgIpc) is 3.16. The maximum absolute atomic E-state index is 13.2. The van der Waals surface area contributed by atoms with Crippen LogP contribution in [0.3, 0.4) is 0 Å². The minimum atomic E-state index is -1.21. The Bertz CT molecular complexity index is 940. The number of carbonyl (C=O) groups is 3. The smallest absolute Gasteiger partial charge is 0.405 e. The van der Waals surface area contributed by atoms with E-state index in [1.54, 1.807) is 4.90 Å². The normalized spacial score (nSPS) is 23.1. The number of halogens is 1. The number of piperazine rings is 1. The number of carboxylic acid groups (broad SMARTS) is 1. The highest BCUT2D eigenvalue weighted by molar-refractivity contribution is 5.86. The first kappa shape index (κ1) is 26.2. The van der Waals surface area contributed by atoms with Gasteiger partial charge in [0.1, 0.15) is 18.0 Å². The number of hydrogen-bond donors (Lipinski definition) is 2. The van der Waals surface area contributed by atoms with Crippen molar-refractivity contribution in [2.45, 2.75) is 51.7 Å². The lowest BCUT2D eigenvalue weighted by atomic mass is 9.75. The summed E-state index contributed by atoms with van der Waals surface area (Å²) < 4.78 is 19.0. The fourth-order valence-corrected chi connectivity index (χ4v) is 5.61. The van der Waals surface area contributed by atoms with Gasteiger partial charge in [0.05, 0.1) is 5.41 Å². The molecule has 1 aromatic carbocycles. The maximum Gasteiger partial charge on any atom is 0.405 e. The predicted octanol–water partition coefficient (Wildman–Crippen LogP) is 2.55. The van der Waals surface area contributed by atoms with Crippen molar-refractivity contribution in [2.24, 2.45) is 11.3 Å². The molecule has 10 heteroatoms. The van der Waals surface area contributed by atoms with Gasteiger partial charge in [-0.25, -0.2) is 9.18 Å². The Balaban J connectivity index is 1.22. The molecule has 3 heterocycles. The number of anilines is 1. The summed E-state index contributed by atoms with van der Waals surface area (Å²) in [5.74, 6) is -0.786. The fourth-order valence-electron chi connectivity index (χ4n) is 5.61. The standard InChI is InChI=1S/C26H37FN4O5/c1-18(2)22(28-25(34)35)23(32)31-11-8-26(9-12-31)17-21(36-24(26)33)7-10-29-13-15-30(16-14-29)20-5-3-19(27)4-6-20/h3-6,18,21-22,28H,7-17H2,1-2H3,(H,34,35)/t21-,22-/m0/s1. The summed E-state index contributed by atoms with van der Waals surface area (Å²) in [4.78, 5) is 43.1. The lowest BCUT2D eigenvalue weighted by molar-refractivity contribution is -0.153. The Morgan fingerprint density at radius 2 is 1.75 bits per heavy atom. The van der Waals surface area contributed by atoms with Gasteiger partial charge in [-0.1, -0.05) is 13.8 Å². The average molecular weight is 505 g/mol. The van der Waals surface area contributed by atoms with Crippen LogP contribution in [0.4, 0.5) is 14.9 Å². The van der Waals surface area contributed by atoms with E-state index in [9.17, 15) is 18.8 Å². The summed E-state index contributed by atoms with van der Waals surface area (Å²) in [5.41, 5.74) is 0.488. The van der Waals surface area contributed by atoms with Crippen molar-refractivity contribution >= 4 is 23.7 Å². The molecule has 3 fully saturated rings. The molecule has 4 rings (SSSR count). The highest BCUT2D eigenvalue weighted by atomic mass is 19.1. The Kier molecular flexibility index (Phi) is 8.02. The van der Waals surface area contributed by atoms with E-state index in [1.807, 2.05) is 26.0 Å². The number of hydrogen-bond acceptors (Lipinski definition) is 6. The molecule has 2 atom stereocenters. The molecule has 3 saturated heterocycles. The molecule has 0 bridgehead atoms. The number of likely N-dealkylation sites (tertiary alicyclic amines) is 1. The first-order chi connectivity index (χ1) is 17.2. The zero-order chi connectivity index (χ0) is 25.9. The Morgan fingerprint density at radius 1 is 1.11 bits per heavy atom. The van der Waals surface area contributed by atoms with Crippen LogP contribution in [0.5, 0.6) is 0 Å². The van der Waals surface area contributed by atoms with Crippen LogP contribution >= 0.6 is 0 Å². The van der Waals surface area contributed by atoms with E-state index in [2.05, 4.69) is 15.1 Å². The summed E-state index contributed by atoms with van der Waals surface area (Å²) in [6.07, 6.45) is 1.21. The molecule has 36 heavy (non-hydrogen) atoms. The van der Waals surface area contributed by atoms with Gasteiger partial charge in [0, 0.05) is 57.9 Å². The zero-order valence-corrected chi connectivity index (χ0v) is 21.1. The highest BCUT2D eigenvalue weighted by Crippen LogP contribution is 2.44. The zero-order valence-electron chi connectivity index (χ0n) is 21.1. The van der Waals surface area contributed by atoms with Crippen LogP contribution in [0.25, 0.3) is 0 Å². The molecule has 1 spiro atoms. The molecule has 1 aromatic rings. The number of nitrogens with one attached hydrogen (secondary N) is 1. The van der Waals surface area contributed by atoms with Gasteiger partial charge in [0.25, 0.3) is 0 Å². The molecule has 0 radical (unpaired) electrons. The Hall–Kier alpha value is -2.88. The number of cyclic esters (lactones) is 1. The van der Waals surface area contributed by atoms with Gasteiger partial charge in [-0.3, -0.25) is 14.5 Å². The maximum atomic E-state index is 13.2. The number of piperidine rings is 1. The Labute approximate surface area is 211 Å². The third-order valence-electron chi connectivity index (χ3n) is 7.90. The van der Waals surface area contributed by atoms with Crippen molar-refractivity contribution in [3.8, 4) is 0 Å². The number of rotatable bonds is 7. The molecular formula is C26H37FN4O5. The molecule has 0 saturated carbocycles. The SMILES string of the molecule is CC(C)[C@H](NC(=O)O)C(=O)N1CCC2(CC1)C[C@H](CCN1CCN(c3ccc(F)cc3)CC1)OC2=O. The van der Waals surface area contributed by atoms with Crippen LogP contribution in [0.15, 0.2) is 24.3 Å². The van der Waals surface area contributed by atoms with E-state index < -0.39 is 17.6 Å². The van der Waals surface area contributed by atoms with E-state index in [0.29, 0.717) is 32.4 Å². The summed E-state index contributed by atoms with van der Waals surface area (Å²) in [6, 6.07) is 5.81. The minimum Gasteiger partial charge on any atom is -0.465 e. The number of esters is 1. The first-order valence-corrected chi connectivity index (χ1v) is 12.9. The third kappa shape index (κ3) is 5.91. The summed E-state index contributed by atoms with van der Waals surface area (Å²) >= 11 is 0. The van der Waals surface area contributed by atoms with Crippen molar-refractivity contribution < 1.29 is 28.6 Å². The predicted molar refractivity (Wildman–Crippen MR) is 132 cm³/mol. The number of amides is 2. The summed E-state index contributed by atoms with van der Waals surface area (Å²) in [7, 11) is 0. The van der Waals surface area contributed by atoms with Crippen molar-refractivity contribution in [1.82, 2.24) is 15.1 Å². The number of benzene rings is 1. The van der Waals surface area contributed by atoms with Crippen LogP contribution in [-0.4, -0.2) is 90.8 Å². The van der Waals surface area contributed by atoms with Crippen molar-refractivity contribution in [1.29, 1.82) is 0 Å². The van der Waals surface area contributed by atoms with E-state index in [4.69, 9.17) is 9.84 Å². The van der Waals surface area contributed by atoms with Gasteiger partial charge in [-0.15, -0.1) is 0 Å². The van der Waals surface area contributed by atoms with Crippen molar-refractivity contribution in [3.63, 3.8) is 0 Å².